The van der Waals surface area contributed by atoms with E-state index >= 15 is 0 Å². The molecule has 0 saturated carbocycles. The largest absolute Gasteiger partial charge is 0.389 e. The van der Waals surface area contributed by atoms with E-state index in [2.05, 4.69) is 6.58 Å². The molecule has 1 unspecified atom stereocenters. The number of hydrogen-bond donors (Lipinski definition) is 1. The zero-order valence-electron chi connectivity index (χ0n) is 6.75. The fourth-order valence-electron chi connectivity index (χ4n) is 0.899. The smallest absolute Gasteiger partial charge is 0.0738 e. The highest BCUT2D eigenvalue weighted by Crippen LogP contribution is 2.35. The van der Waals surface area contributed by atoms with Gasteiger partial charge in [0.2, 0.25) is 0 Å². The molecule has 1 atom stereocenters. The lowest BCUT2D eigenvalue weighted by Crippen LogP contribution is -2.16. The lowest BCUT2D eigenvalue weighted by Gasteiger charge is -2.24. The van der Waals surface area contributed by atoms with Crippen molar-refractivity contribution in [3.8, 4) is 0 Å². The van der Waals surface area contributed by atoms with Crippen molar-refractivity contribution in [1.29, 1.82) is 0 Å². The van der Waals surface area contributed by atoms with E-state index in [9.17, 15) is 5.11 Å². The van der Waals surface area contributed by atoms with Crippen molar-refractivity contribution in [2.24, 2.45) is 0 Å². The third-order valence-corrected chi connectivity index (χ3v) is 4.74. The second kappa shape index (κ2) is 4.43. The molecular weight excluding hydrogens is 176 g/mol. The first kappa shape index (κ1) is 9.49. The number of rotatable bonds is 2. The van der Waals surface area contributed by atoms with Gasteiger partial charge in [-0.05, 0) is 30.4 Å². The van der Waals surface area contributed by atoms with Crippen LogP contribution in [0.15, 0.2) is 12.2 Å². The summed E-state index contributed by atoms with van der Waals surface area (Å²) in [6.07, 6.45) is 0.942. The summed E-state index contributed by atoms with van der Waals surface area (Å²) in [5.74, 6) is 2.42. The van der Waals surface area contributed by atoms with Crippen molar-refractivity contribution in [2.45, 2.75) is 24.0 Å². The molecule has 1 fully saturated rings. The van der Waals surface area contributed by atoms with E-state index in [1.54, 1.807) is 6.92 Å². The maximum atomic E-state index is 9.25. The summed E-state index contributed by atoms with van der Waals surface area (Å²) in [6.45, 7) is 5.68. The van der Waals surface area contributed by atoms with Crippen LogP contribution in [0.1, 0.15) is 13.3 Å². The molecule has 1 heterocycles. The molecule has 1 aliphatic rings. The van der Waals surface area contributed by atoms with Crippen molar-refractivity contribution in [2.75, 3.05) is 11.5 Å². The van der Waals surface area contributed by atoms with Crippen LogP contribution in [-0.4, -0.2) is 27.3 Å². The Hall–Kier alpha value is 0.400. The quantitative estimate of drug-likeness (QED) is 0.674. The van der Waals surface area contributed by atoms with Crippen molar-refractivity contribution < 1.29 is 5.11 Å². The minimum Gasteiger partial charge on any atom is -0.389 e. The number of aliphatic hydroxyl groups is 1. The SMILES string of the molecule is C=C(C(C)O)C1SCCCS1. The summed E-state index contributed by atoms with van der Waals surface area (Å²) in [5, 5.41) is 9.25. The number of aliphatic hydroxyl groups excluding tert-OH is 1. The minimum atomic E-state index is -0.349. The lowest BCUT2D eigenvalue weighted by atomic mass is 10.2. The van der Waals surface area contributed by atoms with Gasteiger partial charge in [-0.3, -0.25) is 0 Å². The Kier molecular flexibility index (Phi) is 3.82. The highest BCUT2D eigenvalue weighted by Gasteiger charge is 2.19. The van der Waals surface area contributed by atoms with Gasteiger partial charge in [0.25, 0.3) is 0 Å². The summed E-state index contributed by atoms with van der Waals surface area (Å²) >= 11 is 3.81. The third kappa shape index (κ3) is 2.73. The average molecular weight is 190 g/mol. The van der Waals surface area contributed by atoms with Gasteiger partial charge in [-0.1, -0.05) is 6.58 Å². The van der Waals surface area contributed by atoms with Crippen LogP contribution in [0.2, 0.25) is 0 Å². The molecule has 0 aromatic rings. The van der Waals surface area contributed by atoms with Gasteiger partial charge in [-0.2, -0.15) is 0 Å². The molecule has 0 radical (unpaired) electrons. The summed E-state index contributed by atoms with van der Waals surface area (Å²) in [7, 11) is 0. The zero-order valence-corrected chi connectivity index (χ0v) is 8.38. The van der Waals surface area contributed by atoms with Gasteiger partial charge in [0.15, 0.2) is 0 Å². The number of hydrogen-bond acceptors (Lipinski definition) is 3. The molecule has 0 spiro atoms. The summed E-state index contributed by atoms with van der Waals surface area (Å²) < 4.78 is 0.434. The molecule has 1 N–H and O–H groups in total. The van der Waals surface area contributed by atoms with Gasteiger partial charge < -0.3 is 5.11 Å². The molecule has 11 heavy (non-hydrogen) atoms. The molecule has 0 bridgehead atoms. The van der Waals surface area contributed by atoms with Crippen molar-refractivity contribution in [1.82, 2.24) is 0 Å². The molecule has 0 aromatic heterocycles. The molecule has 1 saturated heterocycles. The summed E-state index contributed by atoms with van der Waals surface area (Å²) in [6, 6.07) is 0. The maximum Gasteiger partial charge on any atom is 0.0738 e. The van der Waals surface area contributed by atoms with Crippen LogP contribution in [0.4, 0.5) is 0 Å². The molecule has 1 aliphatic heterocycles. The van der Waals surface area contributed by atoms with E-state index in [1.807, 2.05) is 23.5 Å². The van der Waals surface area contributed by atoms with E-state index in [1.165, 1.54) is 17.9 Å². The Morgan fingerprint density at radius 1 is 1.55 bits per heavy atom. The van der Waals surface area contributed by atoms with E-state index in [0.29, 0.717) is 4.58 Å². The van der Waals surface area contributed by atoms with Crippen LogP contribution in [0.3, 0.4) is 0 Å². The van der Waals surface area contributed by atoms with Gasteiger partial charge in [0, 0.05) is 0 Å². The second-order valence-corrected chi connectivity index (χ2v) is 5.40. The van der Waals surface area contributed by atoms with E-state index in [-0.39, 0.29) is 6.10 Å². The Morgan fingerprint density at radius 2 is 2.09 bits per heavy atom. The Bertz CT molecular complexity index is 139. The normalized spacial score (nSPS) is 23.1. The fraction of sp³-hybridized carbons (Fsp3) is 0.750. The molecule has 1 nitrogen and oxygen atoms in total. The monoisotopic (exact) mass is 190 g/mol. The van der Waals surface area contributed by atoms with Gasteiger partial charge in [0.1, 0.15) is 0 Å². The van der Waals surface area contributed by atoms with E-state index in [0.717, 1.165) is 5.57 Å². The Morgan fingerprint density at radius 3 is 2.55 bits per heavy atom. The van der Waals surface area contributed by atoms with Gasteiger partial charge in [-0.15, -0.1) is 23.5 Å². The minimum absolute atomic E-state index is 0.349. The first-order chi connectivity index (χ1) is 5.22. The van der Waals surface area contributed by atoms with Crippen LogP contribution in [0.25, 0.3) is 0 Å². The van der Waals surface area contributed by atoms with Crippen molar-refractivity contribution in [3.63, 3.8) is 0 Å². The van der Waals surface area contributed by atoms with Crippen LogP contribution < -0.4 is 0 Å². The molecule has 64 valence electrons. The van der Waals surface area contributed by atoms with E-state index in [4.69, 9.17) is 0 Å². The maximum absolute atomic E-state index is 9.25. The van der Waals surface area contributed by atoms with Crippen molar-refractivity contribution in [3.05, 3.63) is 12.2 Å². The highest BCUT2D eigenvalue weighted by molar-refractivity contribution is 8.17. The van der Waals surface area contributed by atoms with Crippen LogP contribution >= 0.6 is 23.5 Å². The predicted molar refractivity (Wildman–Crippen MR) is 54.1 cm³/mol. The second-order valence-electron chi connectivity index (χ2n) is 2.68. The first-order valence-electron chi connectivity index (χ1n) is 3.82. The van der Waals surface area contributed by atoms with Crippen LogP contribution in [-0.2, 0) is 0 Å². The topological polar surface area (TPSA) is 20.2 Å². The van der Waals surface area contributed by atoms with E-state index < -0.39 is 0 Å². The molecule has 3 heteroatoms. The Labute approximate surface area is 76.6 Å². The van der Waals surface area contributed by atoms with Gasteiger partial charge in [-0.25, -0.2) is 0 Å². The zero-order chi connectivity index (χ0) is 8.27. The van der Waals surface area contributed by atoms with Gasteiger partial charge >= 0.3 is 0 Å². The summed E-state index contributed by atoms with van der Waals surface area (Å²) in [4.78, 5) is 0. The molecule has 1 rings (SSSR count). The third-order valence-electron chi connectivity index (χ3n) is 1.67. The highest BCUT2D eigenvalue weighted by atomic mass is 32.2. The van der Waals surface area contributed by atoms with Crippen LogP contribution in [0.5, 0.6) is 0 Å². The standard InChI is InChI=1S/C8H14OS2/c1-6(7(2)9)8-10-4-3-5-11-8/h7-9H,1,3-5H2,2H3. The molecular formula is C8H14OS2. The first-order valence-corrected chi connectivity index (χ1v) is 5.91. The van der Waals surface area contributed by atoms with Crippen molar-refractivity contribution >= 4 is 23.5 Å². The van der Waals surface area contributed by atoms with Gasteiger partial charge in [0.05, 0.1) is 10.7 Å². The number of thioether (sulfide) groups is 2. The Balaban J connectivity index is 2.39. The average Bonchev–Trinajstić information content (AvgIpc) is 2.05. The molecule has 0 aromatic carbocycles. The van der Waals surface area contributed by atoms with Crippen LogP contribution in [0, 0.1) is 0 Å². The predicted octanol–water partition coefficient (Wildman–Crippen LogP) is 2.12. The lowest BCUT2D eigenvalue weighted by molar-refractivity contribution is 0.231. The summed E-state index contributed by atoms with van der Waals surface area (Å²) in [5.41, 5.74) is 0.972. The molecule has 0 amide bonds. The fourth-order valence-corrected chi connectivity index (χ4v) is 3.92. The molecule has 0 aliphatic carbocycles.